The van der Waals surface area contributed by atoms with Gasteiger partial charge in [-0.05, 0) is 69.3 Å². The van der Waals surface area contributed by atoms with Gasteiger partial charge >= 0.3 is 0 Å². The standard InChI is InChI=1S/C23H26N4O4/c1-2-30-18-9-7-16(8-10-18)22-25-21(31-26-22)15-27-13-11-17(12-14-27)23(29)24-19-5-3-4-6-20(19)28/h3-10,17,28H,2,11-15H2,1H3,(H,24,29). The maximum absolute atomic E-state index is 12.5. The van der Waals surface area contributed by atoms with Gasteiger partial charge < -0.3 is 19.7 Å². The summed E-state index contributed by atoms with van der Waals surface area (Å²) in [5.74, 6) is 1.85. The molecule has 0 aliphatic carbocycles. The summed E-state index contributed by atoms with van der Waals surface area (Å²) in [7, 11) is 0. The molecular weight excluding hydrogens is 396 g/mol. The Hall–Kier alpha value is -3.39. The molecule has 0 radical (unpaired) electrons. The molecule has 0 saturated carbocycles. The Bertz CT molecular complexity index is 1010. The predicted octanol–water partition coefficient (Wildman–Crippen LogP) is 3.69. The van der Waals surface area contributed by atoms with Gasteiger partial charge in [0.15, 0.2) is 0 Å². The summed E-state index contributed by atoms with van der Waals surface area (Å²) in [5, 5.41) is 16.7. The quantitative estimate of drug-likeness (QED) is 0.560. The summed E-state index contributed by atoms with van der Waals surface area (Å²) in [5.41, 5.74) is 1.32. The lowest BCUT2D eigenvalue weighted by Crippen LogP contribution is -2.37. The molecular formula is C23H26N4O4. The van der Waals surface area contributed by atoms with E-state index >= 15 is 0 Å². The molecule has 2 heterocycles. The summed E-state index contributed by atoms with van der Waals surface area (Å²) in [6.45, 7) is 4.65. The van der Waals surface area contributed by atoms with E-state index in [1.807, 2.05) is 31.2 Å². The molecule has 2 aromatic carbocycles. The SMILES string of the molecule is CCOc1ccc(-c2noc(CN3CCC(C(=O)Nc4ccccc4O)CC3)n2)cc1. The lowest BCUT2D eigenvalue weighted by atomic mass is 9.96. The number of likely N-dealkylation sites (tertiary alicyclic amines) is 1. The topological polar surface area (TPSA) is 101 Å². The number of hydrogen-bond acceptors (Lipinski definition) is 7. The molecule has 1 amide bonds. The van der Waals surface area contributed by atoms with Crippen LogP contribution in [0, 0.1) is 5.92 Å². The molecule has 1 aliphatic rings. The van der Waals surface area contributed by atoms with Crippen LogP contribution in [-0.2, 0) is 11.3 Å². The third-order valence-electron chi connectivity index (χ3n) is 5.37. The maximum atomic E-state index is 12.5. The number of aromatic hydroxyl groups is 1. The van der Waals surface area contributed by atoms with Gasteiger partial charge in [-0.1, -0.05) is 17.3 Å². The van der Waals surface area contributed by atoms with E-state index in [-0.39, 0.29) is 17.6 Å². The van der Waals surface area contributed by atoms with Crippen LogP contribution in [0.5, 0.6) is 11.5 Å². The number of benzene rings is 2. The van der Waals surface area contributed by atoms with E-state index in [1.165, 1.54) is 0 Å². The highest BCUT2D eigenvalue weighted by Crippen LogP contribution is 2.26. The predicted molar refractivity (Wildman–Crippen MR) is 116 cm³/mol. The van der Waals surface area contributed by atoms with E-state index < -0.39 is 0 Å². The molecule has 2 N–H and O–H groups in total. The fraction of sp³-hybridized carbons (Fsp3) is 0.348. The van der Waals surface area contributed by atoms with E-state index in [9.17, 15) is 9.90 Å². The summed E-state index contributed by atoms with van der Waals surface area (Å²) >= 11 is 0. The van der Waals surface area contributed by atoms with Crippen LogP contribution in [0.2, 0.25) is 0 Å². The van der Waals surface area contributed by atoms with Crippen molar-refractivity contribution >= 4 is 11.6 Å². The minimum atomic E-state index is -0.0852. The summed E-state index contributed by atoms with van der Waals surface area (Å²) in [6, 6.07) is 14.4. The van der Waals surface area contributed by atoms with Crippen LogP contribution >= 0.6 is 0 Å². The van der Waals surface area contributed by atoms with Crippen LogP contribution in [0.15, 0.2) is 53.1 Å². The first-order valence-corrected chi connectivity index (χ1v) is 10.5. The van der Waals surface area contributed by atoms with E-state index in [2.05, 4.69) is 20.4 Å². The molecule has 31 heavy (non-hydrogen) atoms. The molecule has 1 fully saturated rings. The second kappa shape index (κ2) is 9.61. The average Bonchev–Trinajstić information content (AvgIpc) is 3.25. The van der Waals surface area contributed by atoms with Crippen molar-refractivity contribution in [3.8, 4) is 22.9 Å². The first-order valence-electron chi connectivity index (χ1n) is 10.5. The molecule has 0 atom stereocenters. The smallest absolute Gasteiger partial charge is 0.241 e. The Morgan fingerprint density at radius 2 is 1.94 bits per heavy atom. The van der Waals surface area contributed by atoms with Crippen molar-refractivity contribution in [2.45, 2.75) is 26.3 Å². The number of para-hydroxylation sites is 2. The second-order valence-electron chi connectivity index (χ2n) is 7.53. The monoisotopic (exact) mass is 422 g/mol. The normalized spacial score (nSPS) is 15.0. The summed E-state index contributed by atoms with van der Waals surface area (Å²) < 4.78 is 10.9. The maximum Gasteiger partial charge on any atom is 0.241 e. The third kappa shape index (κ3) is 5.21. The first-order chi connectivity index (χ1) is 15.1. The van der Waals surface area contributed by atoms with E-state index in [0.29, 0.717) is 30.6 Å². The Morgan fingerprint density at radius 3 is 2.65 bits per heavy atom. The molecule has 162 valence electrons. The molecule has 0 spiro atoms. The van der Waals surface area contributed by atoms with E-state index in [4.69, 9.17) is 9.26 Å². The van der Waals surface area contributed by atoms with Crippen LogP contribution in [0.1, 0.15) is 25.7 Å². The summed E-state index contributed by atoms with van der Waals surface area (Å²) in [6.07, 6.45) is 1.47. The largest absolute Gasteiger partial charge is 0.506 e. The number of hydrogen-bond donors (Lipinski definition) is 2. The Morgan fingerprint density at radius 1 is 1.19 bits per heavy atom. The molecule has 1 aromatic heterocycles. The highest BCUT2D eigenvalue weighted by atomic mass is 16.5. The number of carbonyl (C=O) groups is 1. The van der Waals surface area contributed by atoms with Crippen molar-refractivity contribution in [2.75, 3.05) is 25.0 Å². The van der Waals surface area contributed by atoms with Gasteiger partial charge in [0.1, 0.15) is 11.5 Å². The van der Waals surface area contributed by atoms with Gasteiger partial charge in [0.2, 0.25) is 17.6 Å². The van der Waals surface area contributed by atoms with Crippen molar-refractivity contribution in [1.82, 2.24) is 15.0 Å². The number of rotatable bonds is 7. The minimum Gasteiger partial charge on any atom is -0.506 e. The number of piperidine rings is 1. The molecule has 0 bridgehead atoms. The Kier molecular flexibility index (Phi) is 6.47. The lowest BCUT2D eigenvalue weighted by molar-refractivity contribution is -0.121. The average molecular weight is 422 g/mol. The van der Waals surface area contributed by atoms with Crippen molar-refractivity contribution in [2.24, 2.45) is 5.92 Å². The number of aromatic nitrogens is 2. The number of nitrogens with one attached hydrogen (secondary N) is 1. The number of carbonyl (C=O) groups excluding carboxylic acids is 1. The third-order valence-corrected chi connectivity index (χ3v) is 5.37. The van der Waals surface area contributed by atoms with Gasteiger partial charge in [-0.15, -0.1) is 0 Å². The van der Waals surface area contributed by atoms with E-state index in [0.717, 1.165) is 37.2 Å². The van der Waals surface area contributed by atoms with Crippen LogP contribution in [0.4, 0.5) is 5.69 Å². The highest BCUT2D eigenvalue weighted by Gasteiger charge is 2.26. The molecule has 1 saturated heterocycles. The molecule has 3 aromatic rings. The molecule has 8 heteroatoms. The van der Waals surface area contributed by atoms with Crippen LogP contribution < -0.4 is 10.1 Å². The minimum absolute atomic E-state index is 0.0586. The van der Waals surface area contributed by atoms with Gasteiger partial charge in [0, 0.05) is 11.5 Å². The van der Waals surface area contributed by atoms with Crippen molar-refractivity contribution in [1.29, 1.82) is 0 Å². The zero-order valence-corrected chi connectivity index (χ0v) is 17.5. The van der Waals surface area contributed by atoms with Gasteiger partial charge in [0.05, 0.1) is 18.8 Å². The zero-order valence-electron chi connectivity index (χ0n) is 17.5. The number of phenolic OH excluding ortho intramolecular Hbond substituents is 1. The molecule has 8 nitrogen and oxygen atoms in total. The molecule has 1 aliphatic heterocycles. The van der Waals surface area contributed by atoms with Crippen LogP contribution in [0.3, 0.4) is 0 Å². The molecule has 4 rings (SSSR count). The number of anilines is 1. The van der Waals surface area contributed by atoms with Crippen LogP contribution in [0.25, 0.3) is 11.4 Å². The Labute approximate surface area is 180 Å². The number of ether oxygens (including phenoxy) is 1. The van der Waals surface area contributed by atoms with Crippen LogP contribution in [-0.4, -0.2) is 45.8 Å². The Balaban J connectivity index is 1.28. The fourth-order valence-electron chi connectivity index (χ4n) is 3.66. The first kappa shape index (κ1) is 20.9. The van der Waals surface area contributed by atoms with Gasteiger partial charge in [-0.2, -0.15) is 4.98 Å². The molecule has 0 unspecified atom stereocenters. The number of phenols is 1. The fourth-order valence-corrected chi connectivity index (χ4v) is 3.66. The van der Waals surface area contributed by atoms with Crippen molar-refractivity contribution in [3.05, 3.63) is 54.4 Å². The van der Waals surface area contributed by atoms with Crippen molar-refractivity contribution < 1.29 is 19.2 Å². The van der Waals surface area contributed by atoms with Gasteiger partial charge in [-0.3, -0.25) is 9.69 Å². The van der Waals surface area contributed by atoms with Gasteiger partial charge in [0.25, 0.3) is 0 Å². The number of amides is 1. The van der Waals surface area contributed by atoms with E-state index in [1.54, 1.807) is 24.3 Å². The summed E-state index contributed by atoms with van der Waals surface area (Å²) in [4.78, 5) is 19.2. The highest BCUT2D eigenvalue weighted by molar-refractivity contribution is 5.93. The zero-order chi connectivity index (χ0) is 21.6. The lowest BCUT2D eigenvalue weighted by Gasteiger charge is -2.30. The van der Waals surface area contributed by atoms with Crippen molar-refractivity contribution in [3.63, 3.8) is 0 Å². The van der Waals surface area contributed by atoms with Gasteiger partial charge in [-0.25, -0.2) is 0 Å². The second-order valence-corrected chi connectivity index (χ2v) is 7.53. The number of nitrogens with zero attached hydrogens (tertiary/aromatic N) is 3.